The molecule has 5 heteroatoms. The number of halogens is 1. The lowest BCUT2D eigenvalue weighted by atomic mass is 9.94. The molecule has 23 heavy (non-hydrogen) atoms. The maximum Gasteiger partial charge on any atom is 0.253 e. The molecule has 0 spiro atoms. The van der Waals surface area contributed by atoms with Gasteiger partial charge in [0.05, 0.1) is 0 Å². The van der Waals surface area contributed by atoms with E-state index in [1.54, 1.807) is 24.3 Å². The zero-order valence-corrected chi connectivity index (χ0v) is 14.8. The number of carbonyl (C=O) groups is 2. The topological polar surface area (TPSA) is 49.4 Å². The van der Waals surface area contributed by atoms with E-state index in [0.717, 1.165) is 12.8 Å². The molecular formula is C18H25ClN2O2. The quantitative estimate of drug-likeness (QED) is 0.916. The zero-order chi connectivity index (χ0) is 17.0. The van der Waals surface area contributed by atoms with E-state index in [1.807, 2.05) is 11.8 Å². The smallest absolute Gasteiger partial charge is 0.253 e. The van der Waals surface area contributed by atoms with Crippen LogP contribution >= 0.6 is 11.6 Å². The van der Waals surface area contributed by atoms with Crippen LogP contribution in [0.3, 0.4) is 0 Å². The summed E-state index contributed by atoms with van der Waals surface area (Å²) in [6.07, 6.45) is 1.44. The Labute approximate surface area is 143 Å². The number of hydrogen-bond donors (Lipinski definition) is 1. The predicted molar refractivity (Wildman–Crippen MR) is 92.5 cm³/mol. The second-order valence-corrected chi connectivity index (χ2v) is 7.05. The van der Waals surface area contributed by atoms with Crippen molar-refractivity contribution in [2.24, 2.45) is 11.8 Å². The van der Waals surface area contributed by atoms with Crippen LogP contribution in [0.4, 0.5) is 0 Å². The van der Waals surface area contributed by atoms with Gasteiger partial charge in [0.2, 0.25) is 5.91 Å². The minimum absolute atomic E-state index is 0.00506. The molecule has 0 unspecified atom stereocenters. The molecule has 1 aromatic carbocycles. The monoisotopic (exact) mass is 336 g/mol. The van der Waals surface area contributed by atoms with E-state index in [4.69, 9.17) is 11.6 Å². The summed E-state index contributed by atoms with van der Waals surface area (Å²) in [5, 5.41) is 3.70. The van der Waals surface area contributed by atoms with Crippen LogP contribution in [0.25, 0.3) is 0 Å². The molecule has 0 radical (unpaired) electrons. The minimum Gasteiger partial charge on any atom is -0.353 e. The molecule has 1 aliphatic heterocycles. The Balaban J connectivity index is 1.87. The number of rotatable bonds is 4. The third-order valence-corrected chi connectivity index (χ3v) is 4.87. The van der Waals surface area contributed by atoms with E-state index in [0.29, 0.717) is 29.6 Å². The lowest BCUT2D eigenvalue weighted by molar-refractivity contribution is -0.127. The van der Waals surface area contributed by atoms with Gasteiger partial charge < -0.3 is 10.2 Å². The molecule has 1 aliphatic rings. The van der Waals surface area contributed by atoms with Crippen molar-refractivity contribution < 1.29 is 9.59 Å². The third kappa shape index (κ3) is 4.71. The molecule has 0 saturated carbocycles. The largest absolute Gasteiger partial charge is 0.353 e. The molecule has 1 atom stereocenters. The van der Waals surface area contributed by atoms with Crippen molar-refractivity contribution >= 4 is 23.4 Å². The molecule has 1 saturated heterocycles. The van der Waals surface area contributed by atoms with Crippen LogP contribution < -0.4 is 5.32 Å². The van der Waals surface area contributed by atoms with Gasteiger partial charge in [-0.05, 0) is 49.9 Å². The molecule has 0 aromatic heterocycles. The summed E-state index contributed by atoms with van der Waals surface area (Å²) < 4.78 is 0. The second kappa shape index (κ2) is 7.82. The molecular weight excluding hydrogens is 312 g/mol. The van der Waals surface area contributed by atoms with Crippen LogP contribution in [-0.2, 0) is 4.79 Å². The fourth-order valence-electron chi connectivity index (χ4n) is 2.63. The molecule has 2 amide bonds. The Bertz CT molecular complexity index is 549. The van der Waals surface area contributed by atoms with Gasteiger partial charge in [-0.1, -0.05) is 25.4 Å². The fourth-order valence-corrected chi connectivity index (χ4v) is 2.75. The predicted octanol–water partition coefficient (Wildman–Crippen LogP) is 3.35. The highest BCUT2D eigenvalue weighted by molar-refractivity contribution is 6.30. The van der Waals surface area contributed by atoms with E-state index in [9.17, 15) is 9.59 Å². The Morgan fingerprint density at radius 1 is 1.13 bits per heavy atom. The Morgan fingerprint density at radius 2 is 1.70 bits per heavy atom. The Kier molecular flexibility index (Phi) is 6.05. The van der Waals surface area contributed by atoms with Gasteiger partial charge in [0, 0.05) is 35.6 Å². The normalized spacial score (nSPS) is 17.2. The molecule has 0 bridgehead atoms. The van der Waals surface area contributed by atoms with E-state index in [1.165, 1.54) is 0 Å². The molecule has 0 aliphatic carbocycles. The van der Waals surface area contributed by atoms with E-state index >= 15 is 0 Å². The summed E-state index contributed by atoms with van der Waals surface area (Å²) in [6.45, 7) is 7.46. The maximum absolute atomic E-state index is 12.4. The summed E-state index contributed by atoms with van der Waals surface area (Å²) in [4.78, 5) is 26.5. The SMILES string of the molecule is CC(C)[C@H](C)NC(=O)C1CCN(C(=O)c2ccc(Cl)cc2)CC1. The van der Waals surface area contributed by atoms with Crippen LogP contribution in [0, 0.1) is 11.8 Å². The second-order valence-electron chi connectivity index (χ2n) is 6.61. The van der Waals surface area contributed by atoms with Gasteiger partial charge >= 0.3 is 0 Å². The van der Waals surface area contributed by atoms with Crippen molar-refractivity contribution in [1.29, 1.82) is 0 Å². The summed E-state index contributed by atoms with van der Waals surface area (Å²) in [5.41, 5.74) is 0.644. The van der Waals surface area contributed by atoms with Crippen molar-refractivity contribution in [3.63, 3.8) is 0 Å². The summed E-state index contributed by atoms with van der Waals surface area (Å²) in [5.74, 6) is 0.553. The number of benzene rings is 1. The van der Waals surface area contributed by atoms with Crippen LogP contribution in [-0.4, -0.2) is 35.8 Å². The lowest BCUT2D eigenvalue weighted by Gasteiger charge is -2.32. The molecule has 1 fully saturated rings. The first-order chi connectivity index (χ1) is 10.9. The Hall–Kier alpha value is -1.55. The van der Waals surface area contributed by atoms with Gasteiger partial charge in [-0.25, -0.2) is 0 Å². The van der Waals surface area contributed by atoms with Crippen molar-refractivity contribution in [2.45, 2.75) is 39.7 Å². The van der Waals surface area contributed by atoms with Gasteiger partial charge in [-0.2, -0.15) is 0 Å². The number of amides is 2. The van der Waals surface area contributed by atoms with Crippen LogP contribution in [0.2, 0.25) is 5.02 Å². The minimum atomic E-state index is 0.00506. The van der Waals surface area contributed by atoms with Gasteiger partial charge in [0.1, 0.15) is 0 Å². The molecule has 126 valence electrons. The fraction of sp³-hybridized carbons (Fsp3) is 0.556. The molecule has 2 rings (SSSR count). The van der Waals surface area contributed by atoms with E-state index in [2.05, 4.69) is 19.2 Å². The van der Waals surface area contributed by atoms with Crippen molar-refractivity contribution in [3.8, 4) is 0 Å². The third-order valence-electron chi connectivity index (χ3n) is 4.61. The molecule has 1 aromatic rings. The number of nitrogens with zero attached hydrogens (tertiary/aromatic N) is 1. The number of nitrogens with one attached hydrogen (secondary N) is 1. The van der Waals surface area contributed by atoms with E-state index < -0.39 is 0 Å². The van der Waals surface area contributed by atoms with Gasteiger partial charge in [0.15, 0.2) is 0 Å². The average Bonchev–Trinajstić information content (AvgIpc) is 2.55. The van der Waals surface area contributed by atoms with Crippen molar-refractivity contribution in [2.75, 3.05) is 13.1 Å². The van der Waals surface area contributed by atoms with Crippen LogP contribution in [0.5, 0.6) is 0 Å². The van der Waals surface area contributed by atoms with Crippen LogP contribution in [0.15, 0.2) is 24.3 Å². The molecule has 4 nitrogen and oxygen atoms in total. The molecule has 1 heterocycles. The number of likely N-dealkylation sites (tertiary alicyclic amines) is 1. The number of hydrogen-bond acceptors (Lipinski definition) is 2. The molecule has 1 N–H and O–H groups in total. The van der Waals surface area contributed by atoms with Gasteiger partial charge in [-0.15, -0.1) is 0 Å². The summed E-state index contributed by atoms with van der Waals surface area (Å²) >= 11 is 5.85. The first kappa shape index (κ1) is 17.8. The highest BCUT2D eigenvalue weighted by atomic mass is 35.5. The Morgan fingerprint density at radius 3 is 2.22 bits per heavy atom. The number of carbonyl (C=O) groups excluding carboxylic acids is 2. The van der Waals surface area contributed by atoms with Crippen molar-refractivity contribution in [3.05, 3.63) is 34.9 Å². The highest BCUT2D eigenvalue weighted by Gasteiger charge is 2.28. The van der Waals surface area contributed by atoms with Gasteiger partial charge in [-0.3, -0.25) is 9.59 Å². The summed E-state index contributed by atoms with van der Waals surface area (Å²) in [6, 6.07) is 7.11. The van der Waals surface area contributed by atoms with Gasteiger partial charge in [0.25, 0.3) is 5.91 Å². The number of piperidine rings is 1. The first-order valence-corrected chi connectivity index (χ1v) is 8.61. The van der Waals surface area contributed by atoms with E-state index in [-0.39, 0.29) is 23.8 Å². The van der Waals surface area contributed by atoms with Crippen LogP contribution in [0.1, 0.15) is 44.0 Å². The highest BCUT2D eigenvalue weighted by Crippen LogP contribution is 2.20. The lowest BCUT2D eigenvalue weighted by Crippen LogP contribution is -2.45. The van der Waals surface area contributed by atoms with Crippen molar-refractivity contribution in [1.82, 2.24) is 10.2 Å². The maximum atomic E-state index is 12.4. The standard InChI is InChI=1S/C18H25ClN2O2/c1-12(2)13(3)20-17(22)14-8-10-21(11-9-14)18(23)15-4-6-16(19)7-5-15/h4-7,12-14H,8-11H2,1-3H3,(H,20,22)/t13-/m0/s1. The average molecular weight is 337 g/mol. The summed E-state index contributed by atoms with van der Waals surface area (Å²) in [7, 11) is 0. The first-order valence-electron chi connectivity index (χ1n) is 8.23. The zero-order valence-electron chi connectivity index (χ0n) is 14.0.